The number of carboxylic acid groups (broad SMARTS) is 1. The Morgan fingerprint density at radius 3 is 2.26 bits per heavy atom. The lowest BCUT2D eigenvalue weighted by molar-refractivity contribution is -0.141. The second-order valence-corrected chi connectivity index (χ2v) is 8.72. The Kier molecular flexibility index (Phi) is 11.7. The molecule has 0 aliphatic carbocycles. The first-order chi connectivity index (χ1) is 18.1. The number of aromatic nitrogens is 2. The Hall–Kier alpha value is -4.46. The quantitative estimate of drug-likeness (QED) is 0.0731. The predicted molar refractivity (Wildman–Crippen MR) is 139 cm³/mol. The third kappa shape index (κ3) is 10.3. The lowest BCUT2D eigenvalue weighted by Crippen LogP contribution is -2.57. The van der Waals surface area contributed by atoms with Crippen LogP contribution < -0.4 is 33.2 Å². The predicted octanol–water partition coefficient (Wildman–Crippen LogP) is -1.87. The molecule has 0 aliphatic heterocycles. The van der Waals surface area contributed by atoms with Crippen LogP contribution in [0.3, 0.4) is 0 Å². The fourth-order valence-electron chi connectivity index (χ4n) is 3.49. The summed E-state index contributed by atoms with van der Waals surface area (Å²) in [5, 5.41) is 16.8. The summed E-state index contributed by atoms with van der Waals surface area (Å²) in [6.07, 6.45) is 3.64. The molecule has 0 fully saturated rings. The Bertz CT molecular complexity index is 1090. The molecule has 14 heteroatoms. The third-order valence-corrected chi connectivity index (χ3v) is 5.55. The van der Waals surface area contributed by atoms with E-state index in [1.165, 1.54) is 19.4 Å². The molecule has 0 saturated carbocycles. The van der Waals surface area contributed by atoms with Gasteiger partial charge in [-0.3, -0.25) is 24.2 Å². The summed E-state index contributed by atoms with van der Waals surface area (Å²) < 4.78 is 0. The first-order valence-electron chi connectivity index (χ1n) is 12.0. The SMILES string of the molecule is CC(NC(=O)C(Cc1cnc[nH]1)NC(=O)C(CCCN=C(N)N)NC(=O)C(N)Cc1ccccc1)C(=O)O. The lowest BCUT2D eigenvalue weighted by atomic mass is 10.0. The number of aliphatic carboxylic acids is 1. The van der Waals surface area contributed by atoms with Gasteiger partial charge in [-0.2, -0.15) is 0 Å². The van der Waals surface area contributed by atoms with Crippen molar-refractivity contribution < 1.29 is 24.3 Å². The molecule has 4 atom stereocenters. The van der Waals surface area contributed by atoms with Crippen molar-refractivity contribution in [3.8, 4) is 0 Å². The number of hydrogen-bond acceptors (Lipinski definition) is 7. The van der Waals surface area contributed by atoms with Crippen molar-refractivity contribution in [2.45, 2.75) is 56.8 Å². The van der Waals surface area contributed by atoms with Gasteiger partial charge in [-0.05, 0) is 31.7 Å². The summed E-state index contributed by atoms with van der Waals surface area (Å²) in [4.78, 5) is 60.8. The molecule has 1 aromatic heterocycles. The number of benzene rings is 1. The van der Waals surface area contributed by atoms with E-state index in [4.69, 9.17) is 22.3 Å². The zero-order chi connectivity index (χ0) is 28.1. The number of amides is 3. The van der Waals surface area contributed by atoms with Crippen LogP contribution in [-0.2, 0) is 32.0 Å². The molecule has 0 bridgehead atoms. The molecular weight excluding hydrogens is 494 g/mol. The Balaban J connectivity index is 2.16. The van der Waals surface area contributed by atoms with E-state index in [1.54, 1.807) is 0 Å². The van der Waals surface area contributed by atoms with Crippen LogP contribution in [-0.4, -0.2) is 75.4 Å². The van der Waals surface area contributed by atoms with Gasteiger partial charge in [-0.1, -0.05) is 30.3 Å². The molecule has 14 nitrogen and oxygen atoms in total. The van der Waals surface area contributed by atoms with Crippen LogP contribution in [0.25, 0.3) is 0 Å². The number of nitrogens with two attached hydrogens (primary N) is 3. The number of nitrogens with one attached hydrogen (secondary N) is 4. The van der Waals surface area contributed by atoms with E-state index in [9.17, 15) is 19.2 Å². The minimum Gasteiger partial charge on any atom is -0.480 e. The topological polar surface area (TPSA) is 244 Å². The number of carboxylic acids is 1. The van der Waals surface area contributed by atoms with Gasteiger partial charge in [0, 0.05) is 24.9 Å². The molecule has 11 N–H and O–H groups in total. The van der Waals surface area contributed by atoms with E-state index in [0.717, 1.165) is 5.56 Å². The van der Waals surface area contributed by atoms with Crippen LogP contribution in [0.4, 0.5) is 0 Å². The summed E-state index contributed by atoms with van der Waals surface area (Å²) in [7, 11) is 0. The van der Waals surface area contributed by atoms with E-state index in [2.05, 4.69) is 30.9 Å². The van der Waals surface area contributed by atoms with E-state index in [0.29, 0.717) is 12.1 Å². The fraction of sp³-hybridized carbons (Fsp3) is 0.417. The zero-order valence-corrected chi connectivity index (χ0v) is 21.1. The highest BCUT2D eigenvalue weighted by Gasteiger charge is 2.29. The van der Waals surface area contributed by atoms with Gasteiger partial charge in [0.05, 0.1) is 12.4 Å². The van der Waals surface area contributed by atoms with Crippen LogP contribution in [0.15, 0.2) is 47.8 Å². The maximum Gasteiger partial charge on any atom is 0.325 e. The summed E-state index contributed by atoms with van der Waals surface area (Å²) in [5.74, 6) is -3.26. The van der Waals surface area contributed by atoms with Crippen molar-refractivity contribution in [1.82, 2.24) is 25.9 Å². The Labute approximate surface area is 219 Å². The summed E-state index contributed by atoms with van der Waals surface area (Å²) >= 11 is 0. The molecule has 0 spiro atoms. The number of imidazole rings is 1. The number of carbonyl (C=O) groups is 4. The van der Waals surface area contributed by atoms with Crippen molar-refractivity contribution in [3.05, 3.63) is 54.1 Å². The van der Waals surface area contributed by atoms with Crippen molar-refractivity contribution >= 4 is 29.7 Å². The molecule has 0 aliphatic rings. The minimum atomic E-state index is -1.23. The largest absolute Gasteiger partial charge is 0.480 e. The standard InChI is InChI=1S/C24H35N9O5/c1-14(23(37)38)31-22(36)19(11-16-12-28-13-30-16)33-21(35)18(8-5-9-29-24(26)27)32-20(34)17(25)10-15-6-3-2-4-7-15/h2-4,6-7,12-14,17-19H,5,8-11,25H2,1H3,(H,28,30)(H,31,36)(H,32,34)(H,33,35)(H,37,38)(H4,26,27,29). The molecule has 2 aromatic rings. The maximum absolute atomic E-state index is 13.3. The normalized spacial score (nSPS) is 13.8. The van der Waals surface area contributed by atoms with Crippen LogP contribution in [0.5, 0.6) is 0 Å². The first kappa shape index (κ1) is 29.8. The third-order valence-electron chi connectivity index (χ3n) is 5.55. The summed E-state index contributed by atoms with van der Waals surface area (Å²) in [5.41, 5.74) is 18.2. The number of nitrogens with zero attached hydrogens (tertiary/aromatic N) is 2. The number of guanidine groups is 1. The molecule has 4 unspecified atom stereocenters. The summed E-state index contributed by atoms with van der Waals surface area (Å²) in [6, 6.07) is 4.85. The molecule has 0 radical (unpaired) electrons. The van der Waals surface area contributed by atoms with Gasteiger partial charge in [0.1, 0.15) is 18.1 Å². The van der Waals surface area contributed by atoms with Crippen molar-refractivity contribution in [2.75, 3.05) is 6.54 Å². The number of rotatable bonds is 15. The highest BCUT2D eigenvalue weighted by Crippen LogP contribution is 2.06. The first-order valence-corrected chi connectivity index (χ1v) is 12.0. The number of hydrogen-bond donors (Lipinski definition) is 8. The molecule has 206 valence electrons. The van der Waals surface area contributed by atoms with Crippen molar-refractivity contribution in [1.29, 1.82) is 0 Å². The monoisotopic (exact) mass is 529 g/mol. The van der Waals surface area contributed by atoms with E-state index >= 15 is 0 Å². The van der Waals surface area contributed by atoms with E-state index < -0.39 is 47.9 Å². The zero-order valence-electron chi connectivity index (χ0n) is 21.1. The second kappa shape index (κ2) is 14.9. The van der Waals surface area contributed by atoms with E-state index in [-0.39, 0.29) is 31.8 Å². The number of aromatic amines is 1. The highest BCUT2D eigenvalue weighted by atomic mass is 16.4. The van der Waals surface area contributed by atoms with Gasteiger partial charge < -0.3 is 43.2 Å². The van der Waals surface area contributed by atoms with Gasteiger partial charge in [0.2, 0.25) is 17.7 Å². The second-order valence-electron chi connectivity index (χ2n) is 8.72. The van der Waals surface area contributed by atoms with Crippen molar-refractivity contribution in [3.63, 3.8) is 0 Å². The average Bonchev–Trinajstić information content (AvgIpc) is 3.38. The molecule has 1 aromatic carbocycles. The molecule has 1 heterocycles. The Morgan fingerprint density at radius 1 is 1.00 bits per heavy atom. The fourth-order valence-corrected chi connectivity index (χ4v) is 3.49. The van der Waals surface area contributed by atoms with Crippen molar-refractivity contribution in [2.24, 2.45) is 22.2 Å². The summed E-state index contributed by atoms with van der Waals surface area (Å²) in [6.45, 7) is 1.52. The van der Waals surface area contributed by atoms with Gasteiger partial charge in [0.25, 0.3) is 0 Å². The number of carbonyl (C=O) groups excluding carboxylic acids is 3. The van der Waals surface area contributed by atoms with Gasteiger partial charge in [-0.25, -0.2) is 4.98 Å². The smallest absolute Gasteiger partial charge is 0.325 e. The van der Waals surface area contributed by atoms with Crippen LogP contribution >= 0.6 is 0 Å². The van der Waals surface area contributed by atoms with Gasteiger partial charge in [-0.15, -0.1) is 0 Å². The van der Waals surface area contributed by atoms with Crippen LogP contribution in [0.2, 0.25) is 0 Å². The minimum absolute atomic E-state index is 0.00605. The number of aliphatic imine (C=N–C) groups is 1. The number of H-pyrrole nitrogens is 1. The van der Waals surface area contributed by atoms with Gasteiger partial charge in [0.15, 0.2) is 5.96 Å². The van der Waals surface area contributed by atoms with Crippen LogP contribution in [0, 0.1) is 0 Å². The Morgan fingerprint density at radius 2 is 1.66 bits per heavy atom. The molecular formula is C24H35N9O5. The molecule has 0 saturated heterocycles. The van der Waals surface area contributed by atoms with E-state index in [1.807, 2.05) is 30.3 Å². The molecule has 2 rings (SSSR count). The van der Waals surface area contributed by atoms with Crippen LogP contribution in [0.1, 0.15) is 31.0 Å². The molecule has 3 amide bonds. The van der Waals surface area contributed by atoms with Gasteiger partial charge >= 0.3 is 5.97 Å². The average molecular weight is 530 g/mol. The lowest BCUT2D eigenvalue weighted by Gasteiger charge is -2.24. The molecule has 38 heavy (non-hydrogen) atoms. The highest BCUT2D eigenvalue weighted by molar-refractivity contribution is 5.94. The maximum atomic E-state index is 13.3.